The van der Waals surface area contributed by atoms with Crippen molar-refractivity contribution < 1.29 is 13.2 Å². The Morgan fingerprint density at radius 1 is 1.13 bits per heavy atom. The van der Waals surface area contributed by atoms with E-state index in [1.807, 2.05) is 0 Å². The van der Waals surface area contributed by atoms with Crippen LogP contribution in [-0.4, -0.2) is 36.9 Å². The number of anilines is 1. The Balaban J connectivity index is 0.00000341. The number of nitrogens with zero attached hydrogens (tertiary/aromatic N) is 2. The van der Waals surface area contributed by atoms with Gasteiger partial charge in [0.05, 0.1) is 16.1 Å². The van der Waals surface area contributed by atoms with Gasteiger partial charge >= 0.3 is 0 Å². The second-order valence-electron chi connectivity index (χ2n) is 6.55. The lowest BCUT2D eigenvalue weighted by atomic mass is 10.1. The molecule has 4 N–H and O–H groups in total. The van der Waals surface area contributed by atoms with Crippen LogP contribution in [0.5, 0.6) is 0 Å². The third-order valence-corrected chi connectivity index (χ3v) is 5.88. The molecule has 0 aliphatic rings. The number of nitrogens with one attached hydrogen (secondary N) is 2. The first-order chi connectivity index (χ1) is 14.3. The summed E-state index contributed by atoms with van der Waals surface area (Å²) in [5, 5.41) is 2.76. The Labute approximate surface area is 191 Å². The fourth-order valence-corrected chi connectivity index (χ4v) is 3.85. The van der Waals surface area contributed by atoms with E-state index in [1.54, 1.807) is 37.4 Å². The number of hydrogen-bond donors (Lipinski definition) is 3. The highest BCUT2D eigenvalue weighted by Gasteiger charge is 2.17. The SMILES string of the molecule is C[C@H](CN)NC(=O)c1cncc(-c2cnc(Cl)c(NS(=O)(=O)c3ccccc3)c2)c1.Cl. The molecule has 0 saturated heterocycles. The molecule has 3 rings (SSSR count). The van der Waals surface area contributed by atoms with Crippen molar-refractivity contribution in [2.75, 3.05) is 11.3 Å². The van der Waals surface area contributed by atoms with Gasteiger partial charge in [0, 0.05) is 42.3 Å². The van der Waals surface area contributed by atoms with Crippen LogP contribution in [0.2, 0.25) is 5.15 Å². The van der Waals surface area contributed by atoms with Crippen molar-refractivity contribution in [3.05, 3.63) is 71.8 Å². The van der Waals surface area contributed by atoms with Crippen LogP contribution in [0.4, 0.5) is 5.69 Å². The summed E-state index contributed by atoms with van der Waals surface area (Å²) in [4.78, 5) is 20.6. The van der Waals surface area contributed by atoms with E-state index >= 15 is 0 Å². The van der Waals surface area contributed by atoms with Crippen molar-refractivity contribution in [2.45, 2.75) is 17.9 Å². The Morgan fingerprint density at radius 2 is 1.81 bits per heavy atom. The van der Waals surface area contributed by atoms with Gasteiger partial charge in [-0.15, -0.1) is 12.4 Å². The summed E-state index contributed by atoms with van der Waals surface area (Å²) in [6.45, 7) is 2.11. The fourth-order valence-electron chi connectivity index (χ4n) is 2.57. The number of nitrogens with two attached hydrogens (primary N) is 1. The van der Waals surface area contributed by atoms with Crippen LogP contribution in [0, 0.1) is 0 Å². The van der Waals surface area contributed by atoms with Gasteiger partial charge in [0.2, 0.25) is 0 Å². The average molecular weight is 482 g/mol. The maximum atomic E-state index is 12.6. The molecule has 0 spiro atoms. The monoisotopic (exact) mass is 481 g/mol. The van der Waals surface area contributed by atoms with Crippen molar-refractivity contribution in [3.8, 4) is 11.1 Å². The molecule has 0 radical (unpaired) electrons. The summed E-state index contributed by atoms with van der Waals surface area (Å²) in [5.74, 6) is -0.311. The molecule has 1 amide bonds. The topological polar surface area (TPSA) is 127 Å². The molecule has 0 saturated carbocycles. The Kier molecular flexibility index (Phi) is 8.35. The molecule has 0 unspecified atom stereocenters. The molecule has 164 valence electrons. The molecule has 0 fully saturated rings. The van der Waals surface area contributed by atoms with Gasteiger partial charge in [-0.3, -0.25) is 14.5 Å². The van der Waals surface area contributed by atoms with Gasteiger partial charge in [0.15, 0.2) is 5.15 Å². The van der Waals surface area contributed by atoms with Gasteiger partial charge < -0.3 is 11.1 Å². The lowest BCUT2D eigenvalue weighted by Crippen LogP contribution is -2.37. The number of pyridine rings is 2. The minimum absolute atomic E-state index is 0. The summed E-state index contributed by atoms with van der Waals surface area (Å²) in [6, 6.07) is 10.9. The quantitative estimate of drug-likeness (QED) is 0.444. The molecule has 2 aromatic heterocycles. The van der Waals surface area contributed by atoms with Crippen LogP contribution in [0.25, 0.3) is 11.1 Å². The highest BCUT2D eigenvalue weighted by atomic mass is 35.5. The molecule has 3 aromatic rings. The Bertz CT molecular complexity index is 1160. The van der Waals surface area contributed by atoms with Gasteiger partial charge in [0.25, 0.3) is 15.9 Å². The second kappa shape index (κ2) is 10.5. The van der Waals surface area contributed by atoms with Crippen molar-refractivity contribution >= 4 is 45.6 Å². The van der Waals surface area contributed by atoms with Crippen LogP contribution in [0.3, 0.4) is 0 Å². The first kappa shape index (κ1) is 24.5. The summed E-state index contributed by atoms with van der Waals surface area (Å²) >= 11 is 6.10. The van der Waals surface area contributed by atoms with Gasteiger partial charge in [-0.25, -0.2) is 13.4 Å². The normalized spacial score (nSPS) is 11.8. The predicted molar refractivity (Wildman–Crippen MR) is 123 cm³/mol. The van der Waals surface area contributed by atoms with Crippen LogP contribution in [0.15, 0.2) is 66.0 Å². The first-order valence-electron chi connectivity index (χ1n) is 9.00. The number of amides is 1. The van der Waals surface area contributed by atoms with Gasteiger partial charge in [0.1, 0.15) is 0 Å². The summed E-state index contributed by atoms with van der Waals surface area (Å²) in [6.07, 6.45) is 4.46. The van der Waals surface area contributed by atoms with E-state index in [9.17, 15) is 13.2 Å². The number of carbonyl (C=O) groups excluding carboxylic acids is 1. The van der Waals surface area contributed by atoms with E-state index < -0.39 is 10.0 Å². The van der Waals surface area contributed by atoms with E-state index in [0.29, 0.717) is 23.2 Å². The van der Waals surface area contributed by atoms with Crippen LogP contribution in [0.1, 0.15) is 17.3 Å². The molecule has 2 heterocycles. The number of rotatable bonds is 7. The van der Waals surface area contributed by atoms with Crippen molar-refractivity contribution in [1.82, 2.24) is 15.3 Å². The fraction of sp³-hybridized carbons (Fsp3) is 0.150. The Hall–Kier alpha value is -2.72. The zero-order valence-electron chi connectivity index (χ0n) is 16.4. The van der Waals surface area contributed by atoms with Crippen molar-refractivity contribution in [2.24, 2.45) is 5.73 Å². The highest BCUT2D eigenvalue weighted by Crippen LogP contribution is 2.28. The largest absolute Gasteiger partial charge is 0.348 e. The highest BCUT2D eigenvalue weighted by molar-refractivity contribution is 7.92. The van der Waals surface area contributed by atoms with Crippen LogP contribution < -0.4 is 15.8 Å². The second-order valence-corrected chi connectivity index (χ2v) is 8.59. The summed E-state index contributed by atoms with van der Waals surface area (Å²) in [5.41, 5.74) is 7.11. The molecule has 1 aromatic carbocycles. The van der Waals surface area contributed by atoms with Crippen LogP contribution >= 0.6 is 24.0 Å². The van der Waals surface area contributed by atoms with Gasteiger partial charge in [-0.2, -0.15) is 0 Å². The Morgan fingerprint density at radius 3 is 2.48 bits per heavy atom. The maximum Gasteiger partial charge on any atom is 0.261 e. The summed E-state index contributed by atoms with van der Waals surface area (Å²) in [7, 11) is -3.84. The van der Waals surface area contributed by atoms with E-state index in [-0.39, 0.29) is 40.1 Å². The molecule has 0 aliphatic carbocycles. The third kappa shape index (κ3) is 6.14. The maximum absolute atomic E-state index is 12.6. The third-order valence-electron chi connectivity index (χ3n) is 4.20. The number of aromatic nitrogens is 2. The van der Waals surface area contributed by atoms with Gasteiger partial charge in [-0.1, -0.05) is 29.8 Å². The average Bonchev–Trinajstić information content (AvgIpc) is 2.75. The minimum atomic E-state index is -3.84. The van der Waals surface area contributed by atoms with Crippen molar-refractivity contribution in [1.29, 1.82) is 0 Å². The number of carbonyl (C=O) groups is 1. The smallest absolute Gasteiger partial charge is 0.261 e. The zero-order valence-corrected chi connectivity index (χ0v) is 18.8. The molecule has 0 aliphatic heterocycles. The predicted octanol–water partition coefficient (Wildman–Crippen LogP) is 3.10. The number of hydrogen-bond acceptors (Lipinski definition) is 6. The molecular weight excluding hydrogens is 461 g/mol. The van der Waals surface area contributed by atoms with Crippen LogP contribution in [-0.2, 0) is 10.0 Å². The molecule has 8 nitrogen and oxygen atoms in total. The number of sulfonamides is 1. The minimum Gasteiger partial charge on any atom is -0.348 e. The molecule has 1 atom stereocenters. The van der Waals surface area contributed by atoms with Gasteiger partial charge in [-0.05, 0) is 31.2 Å². The summed E-state index contributed by atoms with van der Waals surface area (Å²) < 4.78 is 27.7. The molecule has 31 heavy (non-hydrogen) atoms. The molecule has 11 heteroatoms. The molecule has 0 bridgehead atoms. The lowest BCUT2D eigenvalue weighted by Gasteiger charge is -2.13. The van der Waals surface area contributed by atoms with E-state index in [1.165, 1.54) is 30.6 Å². The first-order valence-corrected chi connectivity index (χ1v) is 10.9. The zero-order chi connectivity index (χ0) is 21.7. The lowest BCUT2D eigenvalue weighted by molar-refractivity contribution is 0.0941. The number of benzene rings is 1. The van der Waals surface area contributed by atoms with E-state index in [0.717, 1.165) is 0 Å². The number of halogens is 2. The van der Waals surface area contributed by atoms with E-state index in [2.05, 4.69) is 20.0 Å². The molecular formula is C20H21Cl2N5O3S. The van der Waals surface area contributed by atoms with Crippen molar-refractivity contribution in [3.63, 3.8) is 0 Å². The van der Waals surface area contributed by atoms with E-state index in [4.69, 9.17) is 17.3 Å². The standard InChI is InChI=1S/C20H20ClN5O3S.ClH/c1-13(9-22)25-20(27)16-7-14(10-23-11-16)15-8-18(19(21)24-12-15)26-30(28,29)17-5-3-2-4-6-17;/h2-8,10-13,26H,9,22H2,1H3,(H,25,27);1H/t13-;/m1./s1.